The first-order chi connectivity index (χ1) is 11.3. The number of benzene rings is 2. The molecule has 2 N–H and O–H groups in total. The quantitative estimate of drug-likeness (QED) is 0.502. The summed E-state index contributed by atoms with van der Waals surface area (Å²) in [7, 11) is 0. The number of phenols is 1. The highest BCUT2D eigenvalue weighted by Crippen LogP contribution is 2.32. The summed E-state index contributed by atoms with van der Waals surface area (Å²) in [6.45, 7) is 6.66. The van der Waals surface area contributed by atoms with E-state index in [-0.39, 0.29) is 40.8 Å². The van der Waals surface area contributed by atoms with E-state index in [1.807, 2.05) is 0 Å². The molecule has 126 valence electrons. The predicted molar refractivity (Wildman–Crippen MR) is 88.4 cm³/mol. The number of fused-ring (bicyclic) bond motifs is 1. The average molecular weight is 331 g/mol. The van der Waals surface area contributed by atoms with E-state index in [1.54, 1.807) is 25.1 Å². The zero-order valence-electron chi connectivity index (χ0n) is 13.5. The van der Waals surface area contributed by atoms with Crippen LogP contribution in [0.4, 0.5) is 4.39 Å². The lowest BCUT2D eigenvalue weighted by Crippen LogP contribution is -2.28. The fourth-order valence-electron chi connectivity index (χ4n) is 2.29. The number of phenolic OH excluding ortho intramolecular Hbond substituents is 1. The van der Waals surface area contributed by atoms with E-state index in [1.165, 1.54) is 6.92 Å². The molecule has 0 aromatic heterocycles. The number of aromatic hydroxyl groups is 1. The maximum atomic E-state index is 14.3. The van der Waals surface area contributed by atoms with Gasteiger partial charge >= 0.3 is 5.97 Å². The lowest BCUT2D eigenvalue weighted by atomic mass is 10.0. The molecule has 0 aliphatic rings. The van der Waals surface area contributed by atoms with Crippen molar-refractivity contribution in [1.82, 2.24) is 5.32 Å². The lowest BCUT2D eigenvalue weighted by molar-refractivity contribution is -0.138. The van der Waals surface area contributed by atoms with E-state index in [4.69, 9.17) is 4.74 Å². The highest BCUT2D eigenvalue weighted by molar-refractivity contribution is 6.04. The van der Waals surface area contributed by atoms with Crippen molar-refractivity contribution >= 4 is 22.6 Å². The van der Waals surface area contributed by atoms with E-state index in [2.05, 4.69) is 11.9 Å². The number of nitrogens with one attached hydrogen (secondary N) is 1. The number of carbonyl (C=O) groups excluding carboxylic acids is 2. The second kappa shape index (κ2) is 7.12. The van der Waals surface area contributed by atoms with Crippen LogP contribution in [0.15, 0.2) is 36.4 Å². The first-order valence-electron chi connectivity index (χ1n) is 7.34. The molecule has 0 aliphatic heterocycles. The van der Waals surface area contributed by atoms with Crippen LogP contribution in [0, 0.1) is 12.7 Å². The molecule has 2 aromatic rings. The molecule has 0 spiro atoms. The van der Waals surface area contributed by atoms with Crippen molar-refractivity contribution in [3.63, 3.8) is 0 Å². The van der Waals surface area contributed by atoms with Gasteiger partial charge in [-0.25, -0.2) is 9.18 Å². The number of amides is 1. The van der Waals surface area contributed by atoms with Crippen molar-refractivity contribution in [1.29, 1.82) is 0 Å². The van der Waals surface area contributed by atoms with Crippen molar-refractivity contribution in [3.05, 3.63) is 53.4 Å². The Bertz CT molecular complexity index is 829. The van der Waals surface area contributed by atoms with Crippen LogP contribution >= 0.6 is 0 Å². The first-order valence-corrected chi connectivity index (χ1v) is 7.34. The zero-order chi connectivity index (χ0) is 17.9. The Balaban J connectivity index is 2.14. The third kappa shape index (κ3) is 3.53. The van der Waals surface area contributed by atoms with Gasteiger partial charge in [0.05, 0.1) is 12.1 Å². The normalized spacial score (nSPS) is 10.5. The van der Waals surface area contributed by atoms with Gasteiger partial charge in [0.1, 0.15) is 18.2 Å². The second-order valence-electron chi connectivity index (χ2n) is 5.42. The van der Waals surface area contributed by atoms with Crippen molar-refractivity contribution in [2.75, 3.05) is 13.2 Å². The molecule has 0 heterocycles. The van der Waals surface area contributed by atoms with E-state index < -0.39 is 17.7 Å². The SMILES string of the molecule is C=C(C)C(=O)OCCNC(=O)c1cc(F)c2c(C)cccc2c1O. The Morgan fingerprint density at radius 3 is 2.75 bits per heavy atom. The molecule has 1 amide bonds. The minimum absolute atomic E-state index is 0.0325. The summed E-state index contributed by atoms with van der Waals surface area (Å²) in [4.78, 5) is 23.3. The molecule has 0 radical (unpaired) electrons. The van der Waals surface area contributed by atoms with Gasteiger partial charge in [0.2, 0.25) is 0 Å². The van der Waals surface area contributed by atoms with Gasteiger partial charge in [0.25, 0.3) is 5.91 Å². The maximum absolute atomic E-state index is 14.3. The second-order valence-corrected chi connectivity index (χ2v) is 5.42. The molecular weight excluding hydrogens is 313 g/mol. The minimum atomic E-state index is -0.652. The van der Waals surface area contributed by atoms with Crippen molar-refractivity contribution in [2.24, 2.45) is 0 Å². The van der Waals surface area contributed by atoms with Gasteiger partial charge in [-0.2, -0.15) is 0 Å². The molecule has 5 nitrogen and oxygen atoms in total. The minimum Gasteiger partial charge on any atom is -0.506 e. The van der Waals surface area contributed by atoms with Gasteiger partial charge in [0, 0.05) is 16.3 Å². The zero-order valence-corrected chi connectivity index (χ0v) is 13.5. The largest absolute Gasteiger partial charge is 0.506 e. The number of rotatable bonds is 5. The van der Waals surface area contributed by atoms with E-state index >= 15 is 0 Å². The topological polar surface area (TPSA) is 75.6 Å². The molecule has 2 aromatic carbocycles. The Morgan fingerprint density at radius 1 is 1.38 bits per heavy atom. The molecule has 0 bridgehead atoms. The summed E-state index contributed by atoms with van der Waals surface area (Å²) in [5.74, 6) is -2.08. The summed E-state index contributed by atoms with van der Waals surface area (Å²) in [5, 5.41) is 13.3. The summed E-state index contributed by atoms with van der Waals surface area (Å²) in [5.41, 5.74) is 0.752. The number of hydrogen-bond acceptors (Lipinski definition) is 4. The monoisotopic (exact) mass is 331 g/mol. The number of ether oxygens (including phenoxy) is 1. The average Bonchev–Trinajstić information content (AvgIpc) is 2.54. The highest BCUT2D eigenvalue weighted by atomic mass is 19.1. The van der Waals surface area contributed by atoms with Crippen LogP contribution in [0.25, 0.3) is 10.8 Å². The van der Waals surface area contributed by atoms with Crippen LogP contribution in [-0.4, -0.2) is 30.1 Å². The maximum Gasteiger partial charge on any atom is 0.333 e. The Morgan fingerprint density at radius 2 is 2.08 bits per heavy atom. The van der Waals surface area contributed by atoms with Gasteiger partial charge in [-0.05, 0) is 25.5 Å². The van der Waals surface area contributed by atoms with Crippen LogP contribution in [0.1, 0.15) is 22.8 Å². The lowest BCUT2D eigenvalue weighted by Gasteiger charge is -2.11. The number of aryl methyl sites for hydroxylation is 1. The van der Waals surface area contributed by atoms with Gasteiger partial charge in [0.15, 0.2) is 0 Å². The van der Waals surface area contributed by atoms with Gasteiger partial charge in [-0.1, -0.05) is 24.8 Å². The molecule has 0 saturated carbocycles. The third-order valence-corrected chi connectivity index (χ3v) is 3.51. The van der Waals surface area contributed by atoms with Gasteiger partial charge in [-0.15, -0.1) is 0 Å². The van der Waals surface area contributed by atoms with Crippen molar-refractivity contribution < 1.29 is 23.8 Å². The Kier molecular flexibility index (Phi) is 5.18. The smallest absolute Gasteiger partial charge is 0.333 e. The van der Waals surface area contributed by atoms with Crippen LogP contribution in [0.3, 0.4) is 0 Å². The van der Waals surface area contributed by atoms with Gasteiger partial charge < -0.3 is 15.2 Å². The molecule has 0 unspecified atom stereocenters. The standard InChI is InChI=1S/C18H18FNO4/c1-10(2)18(23)24-8-7-20-17(22)13-9-14(19)15-11(3)5-4-6-12(15)16(13)21/h4-6,9,21H,1,7-8H2,2-3H3,(H,20,22). The molecule has 0 saturated heterocycles. The fourth-order valence-corrected chi connectivity index (χ4v) is 2.29. The first kappa shape index (κ1) is 17.5. The molecular formula is C18H18FNO4. The van der Waals surface area contributed by atoms with E-state index in [0.717, 1.165) is 6.07 Å². The number of esters is 1. The van der Waals surface area contributed by atoms with E-state index in [0.29, 0.717) is 5.56 Å². The number of halogens is 1. The third-order valence-electron chi connectivity index (χ3n) is 3.51. The fraction of sp³-hybridized carbons (Fsp3) is 0.222. The molecule has 2 rings (SSSR count). The highest BCUT2D eigenvalue weighted by Gasteiger charge is 2.18. The molecule has 0 fully saturated rings. The number of hydrogen-bond donors (Lipinski definition) is 2. The van der Waals surface area contributed by atoms with Crippen molar-refractivity contribution in [3.8, 4) is 5.75 Å². The summed E-state index contributed by atoms with van der Waals surface area (Å²) < 4.78 is 19.1. The number of carbonyl (C=O) groups is 2. The Labute approximate surface area is 138 Å². The molecule has 6 heteroatoms. The summed E-state index contributed by atoms with van der Waals surface area (Å²) >= 11 is 0. The summed E-state index contributed by atoms with van der Waals surface area (Å²) in [6, 6.07) is 5.95. The van der Waals surface area contributed by atoms with Crippen LogP contribution in [0.5, 0.6) is 5.75 Å². The Hall–Kier alpha value is -2.89. The van der Waals surface area contributed by atoms with Crippen LogP contribution in [-0.2, 0) is 9.53 Å². The molecule has 0 aliphatic carbocycles. The van der Waals surface area contributed by atoms with Gasteiger partial charge in [-0.3, -0.25) is 4.79 Å². The molecule has 24 heavy (non-hydrogen) atoms. The van der Waals surface area contributed by atoms with Crippen LogP contribution in [0.2, 0.25) is 0 Å². The van der Waals surface area contributed by atoms with Crippen molar-refractivity contribution in [2.45, 2.75) is 13.8 Å². The molecule has 0 atom stereocenters. The predicted octanol–water partition coefficient (Wildman–Crippen LogP) is 2.84. The van der Waals surface area contributed by atoms with Crippen LogP contribution < -0.4 is 5.32 Å². The summed E-state index contributed by atoms with van der Waals surface area (Å²) in [6.07, 6.45) is 0. The van der Waals surface area contributed by atoms with E-state index in [9.17, 15) is 19.1 Å².